The van der Waals surface area contributed by atoms with Gasteiger partial charge in [0.1, 0.15) is 0 Å². The van der Waals surface area contributed by atoms with E-state index in [2.05, 4.69) is 10.1 Å². The number of nitrogens with zero attached hydrogens (tertiary/aromatic N) is 1. The molecule has 0 aromatic carbocycles. The predicted octanol–water partition coefficient (Wildman–Crippen LogP) is -0.318. The summed E-state index contributed by atoms with van der Waals surface area (Å²) in [6.07, 6.45) is 2.10. The summed E-state index contributed by atoms with van der Waals surface area (Å²) in [5.41, 5.74) is 5.77. The Morgan fingerprint density at radius 1 is 1.56 bits per heavy atom. The number of carbonyl (C=O) groups excluding carboxylic acids is 2. The number of urea groups is 1. The summed E-state index contributed by atoms with van der Waals surface area (Å²) in [5, 5.41) is 2.67. The van der Waals surface area contributed by atoms with Crippen LogP contribution in [0.15, 0.2) is 0 Å². The van der Waals surface area contributed by atoms with Gasteiger partial charge in [-0.25, -0.2) is 4.79 Å². The van der Waals surface area contributed by atoms with Crippen LogP contribution in [0, 0.1) is 0 Å². The number of amides is 2. The van der Waals surface area contributed by atoms with Crippen LogP contribution in [0.2, 0.25) is 0 Å². The minimum Gasteiger partial charge on any atom is -0.469 e. The van der Waals surface area contributed by atoms with Gasteiger partial charge in [-0.15, -0.1) is 0 Å². The zero-order valence-corrected chi connectivity index (χ0v) is 9.57. The lowest BCUT2D eigenvalue weighted by Crippen LogP contribution is -2.49. The second kappa shape index (κ2) is 6.32. The fourth-order valence-electron chi connectivity index (χ4n) is 1.68. The molecule has 0 aliphatic carbocycles. The highest BCUT2D eigenvalue weighted by Crippen LogP contribution is 2.07. The monoisotopic (exact) mass is 229 g/mol. The summed E-state index contributed by atoms with van der Waals surface area (Å²) in [7, 11) is 1.33. The molecule has 0 saturated carbocycles. The van der Waals surface area contributed by atoms with E-state index in [-0.39, 0.29) is 24.5 Å². The Labute approximate surface area is 95.1 Å². The number of carbonyl (C=O) groups is 2. The molecule has 16 heavy (non-hydrogen) atoms. The lowest BCUT2D eigenvalue weighted by molar-refractivity contribution is -0.140. The van der Waals surface area contributed by atoms with E-state index in [1.165, 1.54) is 7.11 Å². The summed E-state index contributed by atoms with van der Waals surface area (Å²) >= 11 is 0. The first-order valence-corrected chi connectivity index (χ1v) is 5.48. The second-order valence-electron chi connectivity index (χ2n) is 3.91. The number of nitrogens with two attached hydrogens (primary N) is 1. The highest BCUT2D eigenvalue weighted by molar-refractivity contribution is 5.75. The van der Waals surface area contributed by atoms with Crippen molar-refractivity contribution in [2.45, 2.75) is 25.3 Å². The number of methoxy groups -OCH3 is 1. The SMILES string of the molecule is COC(=O)CCNC(=O)N1CCC[C@H](N)C1. The first kappa shape index (κ1) is 12.8. The van der Waals surface area contributed by atoms with Crippen molar-refractivity contribution in [3.05, 3.63) is 0 Å². The predicted molar refractivity (Wildman–Crippen MR) is 58.8 cm³/mol. The normalized spacial score (nSPS) is 20.4. The fourth-order valence-corrected chi connectivity index (χ4v) is 1.68. The van der Waals surface area contributed by atoms with Crippen molar-refractivity contribution in [3.8, 4) is 0 Å². The Bertz CT molecular complexity index is 258. The van der Waals surface area contributed by atoms with E-state index in [9.17, 15) is 9.59 Å². The van der Waals surface area contributed by atoms with Gasteiger partial charge in [0.25, 0.3) is 0 Å². The Hall–Kier alpha value is -1.30. The number of ether oxygens (including phenoxy) is 1. The standard InChI is InChI=1S/C10H19N3O3/c1-16-9(14)4-5-12-10(15)13-6-2-3-8(11)7-13/h8H,2-7,11H2,1H3,(H,12,15)/t8-/m0/s1. The molecule has 1 aliphatic heterocycles. The third kappa shape index (κ3) is 4.06. The fraction of sp³-hybridized carbons (Fsp3) is 0.800. The molecule has 0 radical (unpaired) electrons. The van der Waals surface area contributed by atoms with Gasteiger partial charge in [-0.05, 0) is 12.8 Å². The van der Waals surface area contributed by atoms with Crippen molar-refractivity contribution in [3.63, 3.8) is 0 Å². The van der Waals surface area contributed by atoms with Gasteiger partial charge >= 0.3 is 12.0 Å². The smallest absolute Gasteiger partial charge is 0.317 e. The molecule has 3 N–H and O–H groups in total. The molecule has 1 atom stereocenters. The van der Waals surface area contributed by atoms with Crippen LogP contribution in [-0.2, 0) is 9.53 Å². The van der Waals surface area contributed by atoms with Crippen LogP contribution in [0.25, 0.3) is 0 Å². The Kier molecular flexibility index (Phi) is 5.04. The van der Waals surface area contributed by atoms with E-state index in [0.717, 1.165) is 19.4 Å². The van der Waals surface area contributed by atoms with Gasteiger partial charge in [-0.2, -0.15) is 0 Å². The van der Waals surface area contributed by atoms with Crippen LogP contribution in [-0.4, -0.2) is 49.7 Å². The number of rotatable bonds is 3. The van der Waals surface area contributed by atoms with Crippen molar-refractivity contribution in [1.82, 2.24) is 10.2 Å². The first-order valence-electron chi connectivity index (χ1n) is 5.48. The molecule has 0 unspecified atom stereocenters. The average Bonchev–Trinajstić information content (AvgIpc) is 2.28. The maximum atomic E-state index is 11.6. The first-order chi connectivity index (χ1) is 7.63. The highest BCUT2D eigenvalue weighted by atomic mass is 16.5. The lowest BCUT2D eigenvalue weighted by atomic mass is 10.1. The van der Waals surface area contributed by atoms with E-state index < -0.39 is 0 Å². The molecule has 1 aliphatic rings. The molecule has 0 aromatic heterocycles. The van der Waals surface area contributed by atoms with Crippen molar-refractivity contribution < 1.29 is 14.3 Å². The molecular weight excluding hydrogens is 210 g/mol. The van der Waals surface area contributed by atoms with Crippen LogP contribution >= 0.6 is 0 Å². The van der Waals surface area contributed by atoms with Gasteiger partial charge in [0.2, 0.25) is 0 Å². The van der Waals surface area contributed by atoms with Gasteiger partial charge in [-0.1, -0.05) is 0 Å². The number of likely N-dealkylation sites (tertiary alicyclic amines) is 1. The van der Waals surface area contributed by atoms with E-state index >= 15 is 0 Å². The van der Waals surface area contributed by atoms with Crippen LogP contribution in [0.4, 0.5) is 4.79 Å². The van der Waals surface area contributed by atoms with Gasteiger partial charge in [0, 0.05) is 25.7 Å². The molecule has 1 heterocycles. The van der Waals surface area contributed by atoms with Gasteiger partial charge in [-0.3, -0.25) is 4.79 Å². The topological polar surface area (TPSA) is 84.7 Å². The maximum Gasteiger partial charge on any atom is 0.317 e. The third-order valence-corrected chi connectivity index (χ3v) is 2.58. The molecule has 0 bridgehead atoms. The number of hydrogen-bond donors (Lipinski definition) is 2. The van der Waals surface area contributed by atoms with Gasteiger partial charge in [0.05, 0.1) is 13.5 Å². The Morgan fingerprint density at radius 3 is 2.94 bits per heavy atom. The highest BCUT2D eigenvalue weighted by Gasteiger charge is 2.20. The Morgan fingerprint density at radius 2 is 2.31 bits per heavy atom. The van der Waals surface area contributed by atoms with Gasteiger partial charge < -0.3 is 20.7 Å². The van der Waals surface area contributed by atoms with Crippen molar-refractivity contribution >= 4 is 12.0 Å². The molecule has 0 spiro atoms. The van der Waals surface area contributed by atoms with Crippen LogP contribution in [0.3, 0.4) is 0 Å². The summed E-state index contributed by atoms with van der Waals surface area (Å²) in [6.45, 7) is 1.62. The van der Waals surface area contributed by atoms with Crippen molar-refractivity contribution in [2.24, 2.45) is 5.73 Å². The summed E-state index contributed by atoms with van der Waals surface area (Å²) in [6, 6.07) is -0.0841. The molecule has 6 nitrogen and oxygen atoms in total. The van der Waals surface area contributed by atoms with E-state index in [1.807, 2.05) is 0 Å². The zero-order chi connectivity index (χ0) is 12.0. The lowest BCUT2D eigenvalue weighted by Gasteiger charge is -2.30. The number of esters is 1. The van der Waals surface area contributed by atoms with Crippen LogP contribution < -0.4 is 11.1 Å². The van der Waals surface area contributed by atoms with Crippen LogP contribution in [0.5, 0.6) is 0 Å². The maximum absolute atomic E-state index is 11.6. The molecule has 92 valence electrons. The van der Waals surface area contributed by atoms with Crippen LogP contribution in [0.1, 0.15) is 19.3 Å². The number of hydrogen-bond acceptors (Lipinski definition) is 4. The summed E-state index contributed by atoms with van der Waals surface area (Å²) in [5.74, 6) is -0.323. The third-order valence-electron chi connectivity index (χ3n) is 2.58. The quantitative estimate of drug-likeness (QED) is 0.650. The molecule has 0 aromatic rings. The van der Waals surface area contributed by atoms with Crippen molar-refractivity contribution in [1.29, 1.82) is 0 Å². The molecule has 1 rings (SSSR count). The summed E-state index contributed by atoms with van der Waals surface area (Å²) in [4.78, 5) is 24.1. The minimum absolute atomic E-state index is 0.0695. The van der Waals surface area contributed by atoms with E-state index in [0.29, 0.717) is 13.1 Å². The van der Waals surface area contributed by atoms with E-state index in [4.69, 9.17) is 5.73 Å². The minimum atomic E-state index is -0.323. The molecule has 6 heteroatoms. The Balaban J connectivity index is 2.21. The summed E-state index contributed by atoms with van der Waals surface area (Å²) < 4.78 is 4.47. The average molecular weight is 229 g/mol. The largest absolute Gasteiger partial charge is 0.469 e. The number of piperidine rings is 1. The van der Waals surface area contributed by atoms with E-state index in [1.54, 1.807) is 4.90 Å². The van der Waals surface area contributed by atoms with Gasteiger partial charge in [0.15, 0.2) is 0 Å². The second-order valence-corrected chi connectivity index (χ2v) is 3.91. The molecule has 2 amide bonds. The number of nitrogens with one attached hydrogen (secondary N) is 1. The van der Waals surface area contributed by atoms with Crippen molar-refractivity contribution in [2.75, 3.05) is 26.7 Å². The zero-order valence-electron chi connectivity index (χ0n) is 9.57. The molecule has 1 fully saturated rings. The molecule has 1 saturated heterocycles. The molecular formula is C10H19N3O3.